The first-order valence-corrected chi connectivity index (χ1v) is 9.39. The molecule has 0 radical (unpaired) electrons. The largest absolute Gasteiger partial charge is 0.508 e. The number of allylic oxidation sites excluding steroid dienone is 1. The molecule has 2 aliphatic heterocycles. The zero-order valence-corrected chi connectivity index (χ0v) is 15.6. The average molecular weight is 352 g/mol. The zero-order chi connectivity index (χ0) is 18.4. The van der Waals surface area contributed by atoms with E-state index in [0.717, 1.165) is 29.7 Å². The van der Waals surface area contributed by atoms with Crippen LogP contribution in [0.2, 0.25) is 0 Å². The Morgan fingerprint density at radius 3 is 2.62 bits per heavy atom. The lowest BCUT2D eigenvalue weighted by Crippen LogP contribution is -2.54. The van der Waals surface area contributed by atoms with Crippen molar-refractivity contribution >= 4 is 5.97 Å². The van der Waals surface area contributed by atoms with E-state index in [1.807, 2.05) is 32.1 Å². The van der Waals surface area contributed by atoms with Crippen LogP contribution in [0, 0.1) is 18.8 Å². The Balaban J connectivity index is 1.81. The van der Waals surface area contributed by atoms with Gasteiger partial charge in [0.2, 0.25) is 0 Å². The normalized spacial score (nSPS) is 39.7. The molecule has 1 aromatic rings. The van der Waals surface area contributed by atoms with Gasteiger partial charge in [-0.1, -0.05) is 5.57 Å². The molecule has 2 heterocycles. The van der Waals surface area contributed by atoms with Crippen LogP contribution in [-0.4, -0.2) is 22.3 Å². The van der Waals surface area contributed by atoms with Gasteiger partial charge in [0.1, 0.15) is 17.1 Å². The van der Waals surface area contributed by atoms with E-state index in [4.69, 9.17) is 9.47 Å². The van der Waals surface area contributed by atoms with Crippen LogP contribution in [0.4, 0.5) is 0 Å². The summed E-state index contributed by atoms with van der Waals surface area (Å²) in [6, 6.07) is 3.74. The predicted octanol–water partition coefficient (Wildman–Crippen LogP) is 4.16. The van der Waals surface area contributed by atoms with Crippen LogP contribution in [0.5, 0.6) is 11.5 Å². The summed E-state index contributed by atoms with van der Waals surface area (Å²) in [5.74, 6) is 1.41. The number of benzene rings is 1. The number of esters is 1. The van der Waals surface area contributed by atoms with Crippen molar-refractivity contribution in [2.75, 3.05) is 0 Å². The molecule has 1 fully saturated rings. The SMILES string of the molecule is CC1=C[C@]2(C=C(C)[C@H]3CC[C@]4(C)Oc5cc(C)c(O)cc5[C@H]2[C@H]34)OC1=O. The van der Waals surface area contributed by atoms with Crippen molar-refractivity contribution in [2.45, 2.75) is 57.7 Å². The van der Waals surface area contributed by atoms with Gasteiger partial charge in [-0.25, -0.2) is 4.79 Å². The van der Waals surface area contributed by atoms with Crippen molar-refractivity contribution in [2.24, 2.45) is 11.8 Å². The van der Waals surface area contributed by atoms with Crippen LogP contribution in [-0.2, 0) is 9.53 Å². The molecule has 0 aromatic heterocycles. The summed E-state index contributed by atoms with van der Waals surface area (Å²) in [7, 11) is 0. The predicted molar refractivity (Wildman–Crippen MR) is 97.2 cm³/mol. The Hall–Kier alpha value is -2.23. The van der Waals surface area contributed by atoms with Crippen LogP contribution >= 0.6 is 0 Å². The van der Waals surface area contributed by atoms with Gasteiger partial charge in [0.05, 0.1) is 0 Å². The van der Waals surface area contributed by atoms with Crippen molar-refractivity contribution < 1.29 is 19.4 Å². The van der Waals surface area contributed by atoms with E-state index in [9.17, 15) is 9.90 Å². The molecule has 4 aliphatic rings. The van der Waals surface area contributed by atoms with Gasteiger partial charge < -0.3 is 14.6 Å². The molecule has 1 aromatic carbocycles. The van der Waals surface area contributed by atoms with Crippen LogP contribution in [0.25, 0.3) is 0 Å². The van der Waals surface area contributed by atoms with Crippen molar-refractivity contribution in [1.82, 2.24) is 0 Å². The van der Waals surface area contributed by atoms with Crippen LogP contribution in [0.1, 0.15) is 50.7 Å². The monoisotopic (exact) mass is 352 g/mol. The van der Waals surface area contributed by atoms with Gasteiger partial charge in [-0.15, -0.1) is 0 Å². The fraction of sp³-hybridized carbons (Fsp3) is 0.500. The fourth-order valence-corrected chi connectivity index (χ4v) is 5.86. The maximum Gasteiger partial charge on any atom is 0.334 e. The lowest BCUT2D eigenvalue weighted by atomic mass is 9.59. The number of rotatable bonds is 0. The molecule has 136 valence electrons. The molecule has 1 saturated carbocycles. The highest BCUT2D eigenvalue weighted by Gasteiger charge is 2.63. The lowest BCUT2D eigenvalue weighted by Gasteiger charge is -2.52. The van der Waals surface area contributed by atoms with Crippen LogP contribution in [0.3, 0.4) is 0 Å². The number of carbonyl (C=O) groups excluding carboxylic acids is 1. The highest BCUT2D eigenvalue weighted by Crippen LogP contribution is 2.64. The van der Waals surface area contributed by atoms with Gasteiger partial charge in [-0.3, -0.25) is 0 Å². The molecule has 2 aliphatic carbocycles. The number of carbonyl (C=O) groups is 1. The third-order valence-corrected chi connectivity index (χ3v) is 7.01. The Morgan fingerprint density at radius 2 is 1.92 bits per heavy atom. The van der Waals surface area contributed by atoms with Crippen molar-refractivity contribution in [3.8, 4) is 11.5 Å². The van der Waals surface area contributed by atoms with Gasteiger partial charge in [-0.05, 0) is 76.3 Å². The van der Waals surface area contributed by atoms with Gasteiger partial charge in [0, 0.05) is 23.0 Å². The van der Waals surface area contributed by atoms with Gasteiger partial charge in [0.25, 0.3) is 0 Å². The Kier molecular flexibility index (Phi) is 2.91. The molecule has 5 atom stereocenters. The summed E-state index contributed by atoms with van der Waals surface area (Å²) in [6.45, 7) is 8.03. The number of hydrogen-bond acceptors (Lipinski definition) is 4. The molecule has 1 N–H and O–H groups in total. The second-order valence-electron chi connectivity index (χ2n) is 8.70. The third kappa shape index (κ3) is 1.82. The second-order valence-corrected chi connectivity index (χ2v) is 8.70. The van der Waals surface area contributed by atoms with E-state index in [1.54, 1.807) is 0 Å². The van der Waals surface area contributed by atoms with E-state index in [0.29, 0.717) is 11.5 Å². The van der Waals surface area contributed by atoms with Gasteiger partial charge >= 0.3 is 5.97 Å². The number of phenols is 1. The van der Waals surface area contributed by atoms with Crippen molar-refractivity contribution in [3.05, 3.63) is 46.6 Å². The summed E-state index contributed by atoms with van der Waals surface area (Å²) >= 11 is 0. The zero-order valence-electron chi connectivity index (χ0n) is 15.6. The maximum absolute atomic E-state index is 12.3. The minimum atomic E-state index is -0.780. The molecule has 5 rings (SSSR count). The Bertz CT molecular complexity index is 911. The van der Waals surface area contributed by atoms with Gasteiger partial charge in [-0.2, -0.15) is 0 Å². The highest BCUT2D eigenvalue weighted by atomic mass is 16.6. The number of ether oxygens (including phenoxy) is 2. The van der Waals surface area contributed by atoms with Crippen LogP contribution in [0.15, 0.2) is 35.4 Å². The topological polar surface area (TPSA) is 55.8 Å². The minimum absolute atomic E-state index is 0.0413. The fourth-order valence-electron chi connectivity index (χ4n) is 5.86. The van der Waals surface area contributed by atoms with E-state index in [2.05, 4.69) is 19.9 Å². The first kappa shape index (κ1) is 16.0. The number of aryl methyl sites for hydroxylation is 1. The summed E-state index contributed by atoms with van der Waals surface area (Å²) in [5, 5.41) is 10.4. The molecule has 26 heavy (non-hydrogen) atoms. The van der Waals surface area contributed by atoms with Gasteiger partial charge in [0.15, 0.2) is 5.60 Å². The molecular formula is C22H24O4. The van der Waals surface area contributed by atoms with E-state index < -0.39 is 5.60 Å². The lowest BCUT2D eigenvalue weighted by molar-refractivity contribution is -0.149. The summed E-state index contributed by atoms with van der Waals surface area (Å²) in [5.41, 5.74) is 2.61. The summed E-state index contributed by atoms with van der Waals surface area (Å²) in [6.07, 6.45) is 6.18. The summed E-state index contributed by atoms with van der Waals surface area (Å²) < 4.78 is 12.5. The number of phenolic OH excluding ortho intramolecular Hbond substituents is 1. The molecule has 4 heteroatoms. The Labute approximate surface area is 153 Å². The molecular weight excluding hydrogens is 328 g/mol. The molecule has 0 saturated heterocycles. The first-order valence-electron chi connectivity index (χ1n) is 9.39. The molecule has 1 spiro atoms. The summed E-state index contributed by atoms with van der Waals surface area (Å²) in [4.78, 5) is 12.3. The highest BCUT2D eigenvalue weighted by molar-refractivity contribution is 5.91. The maximum atomic E-state index is 12.3. The smallest absolute Gasteiger partial charge is 0.334 e. The Morgan fingerprint density at radius 1 is 1.15 bits per heavy atom. The number of fused-ring (bicyclic) bond motifs is 3. The van der Waals surface area contributed by atoms with E-state index in [1.165, 1.54) is 5.57 Å². The van der Waals surface area contributed by atoms with Crippen LogP contribution < -0.4 is 4.74 Å². The average Bonchev–Trinajstić information content (AvgIpc) is 3.03. The van der Waals surface area contributed by atoms with E-state index in [-0.39, 0.29) is 29.2 Å². The first-order chi connectivity index (χ1) is 12.2. The number of aromatic hydroxyl groups is 1. The quantitative estimate of drug-likeness (QED) is 0.563. The minimum Gasteiger partial charge on any atom is -0.508 e. The third-order valence-electron chi connectivity index (χ3n) is 7.01. The molecule has 0 bridgehead atoms. The molecule has 0 unspecified atom stereocenters. The van der Waals surface area contributed by atoms with Crippen molar-refractivity contribution in [1.29, 1.82) is 0 Å². The number of hydrogen-bond donors (Lipinski definition) is 1. The molecule has 4 nitrogen and oxygen atoms in total. The standard InChI is InChI=1S/C22H24O4/c1-11-7-17-15(8-16(11)23)19-18-14(5-6-21(18,4)25-17)12(2)9-22(19)10-13(3)20(24)26-22/h7-10,14,18-19,23H,5-6H2,1-4H3/t14-,18+,19+,21+,22+/m1/s1. The van der Waals surface area contributed by atoms with E-state index >= 15 is 0 Å². The molecule has 0 amide bonds. The second kappa shape index (κ2) is 4.73. The van der Waals surface area contributed by atoms with Crippen molar-refractivity contribution in [3.63, 3.8) is 0 Å².